The van der Waals surface area contributed by atoms with Crippen molar-refractivity contribution in [3.05, 3.63) is 29.8 Å². The number of alkyl halides is 2. The van der Waals surface area contributed by atoms with Gasteiger partial charge in [-0.2, -0.15) is 0 Å². The fourth-order valence-electron chi connectivity index (χ4n) is 2.52. The molecule has 0 atom stereocenters. The first-order chi connectivity index (χ1) is 11.5. The minimum atomic E-state index is -1.04. The fourth-order valence-corrected chi connectivity index (χ4v) is 2.80. The molecule has 132 valence electrons. The van der Waals surface area contributed by atoms with Crippen LogP contribution in [0.5, 0.6) is 5.75 Å². The lowest BCUT2D eigenvalue weighted by atomic mass is 10.2. The van der Waals surface area contributed by atoms with Crippen LogP contribution in [0.25, 0.3) is 0 Å². The fraction of sp³-hybridized carbons (Fsp3) is 0.529. The predicted octanol–water partition coefficient (Wildman–Crippen LogP) is 2.63. The van der Waals surface area contributed by atoms with Gasteiger partial charge in [0.1, 0.15) is 5.75 Å². The Morgan fingerprint density at radius 2 is 1.67 bits per heavy atom. The highest BCUT2D eigenvalue weighted by molar-refractivity contribution is 6.53. The van der Waals surface area contributed by atoms with Gasteiger partial charge in [-0.1, -0.05) is 40.9 Å². The van der Waals surface area contributed by atoms with E-state index >= 15 is 0 Å². The van der Waals surface area contributed by atoms with E-state index in [4.69, 9.17) is 27.9 Å². The molecule has 1 aromatic carbocycles. The smallest absolute Gasteiger partial charge is 0.255 e. The van der Waals surface area contributed by atoms with Gasteiger partial charge in [0.2, 0.25) is 5.91 Å². The molecule has 0 aliphatic carbocycles. The second-order valence-electron chi connectivity index (χ2n) is 5.77. The van der Waals surface area contributed by atoms with Crippen LogP contribution in [0.1, 0.15) is 18.4 Å². The molecule has 0 aromatic heterocycles. The molecule has 1 aliphatic heterocycles. The second-order valence-corrected chi connectivity index (χ2v) is 6.87. The molecule has 1 aromatic rings. The van der Waals surface area contributed by atoms with Gasteiger partial charge in [-0.25, -0.2) is 0 Å². The molecule has 0 N–H and O–H groups in total. The van der Waals surface area contributed by atoms with E-state index in [0.717, 1.165) is 5.75 Å². The van der Waals surface area contributed by atoms with Gasteiger partial charge in [0.25, 0.3) is 5.91 Å². The molecule has 0 spiro atoms. The molecule has 1 fully saturated rings. The van der Waals surface area contributed by atoms with E-state index in [1.165, 1.54) is 5.56 Å². The first-order valence-electron chi connectivity index (χ1n) is 8.01. The van der Waals surface area contributed by atoms with E-state index in [1.54, 1.807) is 9.80 Å². The van der Waals surface area contributed by atoms with Crippen molar-refractivity contribution in [3.8, 4) is 5.75 Å². The maximum atomic E-state index is 12.2. The van der Waals surface area contributed by atoms with Crippen molar-refractivity contribution in [2.24, 2.45) is 0 Å². The molecule has 2 amide bonds. The molecule has 1 aliphatic rings. The van der Waals surface area contributed by atoms with Crippen molar-refractivity contribution in [2.45, 2.75) is 24.6 Å². The number of aryl methyl sites for hydroxylation is 1. The number of hydrogen-bond acceptors (Lipinski definition) is 3. The zero-order valence-corrected chi connectivity index (χ0v) is 15.2. The number of ether oxygens (including phenoxy) is 1. The number of hydrogen-bond donors (Lipinski definition) is 0. The lowest BCUT2D eigenvalue weighted by molar-refractivity contribution is -0.138. The molecule has 1 heterocycles. The van der Waals surface area contributed by atoms with Gasteiger partial charge in [0.05, 0.1) is 6.61 Å². The molecule has 7 heteroatoms. The van der Waals surface area contributed by atoms with Crippen LogP contribution in [0.3, 0.4) is 0 Å². The third-order valence-electron chi connectivity index (χ3n) is 3.96. The average molecular weight is 373 g/mol. The van der Waals surface area contributed by atoms with Gasteiger partial charge in [-0.05, 0) is 25.5 Å². The van der Waals surface area contributed by atoms with Crippen LogP contribution in [-0.2, 0) is 9.59 Å². The number of carbonyl (C=O) groups excluding carboxylic acids is 2. The largest absolute Gasteiger partial charge is 0.494 e. The number of halogens is 2. The van der Waals surface area contributed by atoms with E-state index in [9.17, 15) is 9.59 Å². The molecule has 0 radical (unpaired) electrons. The molecule has 0 unspecified atom stereocenters. The Morgan fingerprint density at radius 3 is 2.25 bits per heavy atom. The van der Waals surface area contributed by atoms with Crippen LogP contribution in [0.15, 0.2) is 24.3 Å². The Bertz CT molecular complexity index is 555. The number of nitrogens with zero attached hydrogens (tertiary/aromatic N) is 2. The zero-order chi connectivity index (χ0) is 17.5. The summed E-state index contributed by atoms with van der Waals surface area (Å²) in [5.41, 5.74) is 1.19. The molecular formula is C17H22Cl2N2O3. The highest BCUT2D eigenvalue weighted by Gasteiger charge is 2.26. The van der Waals surface area contributed by atoms with E-state index in [1.807, 2.05) is 31.2 Å². The van der Waals surface area contributed by atoms with E-state index in [-0.39, 0.29) is 11.8 Å². The van der Waals surface area contributed by atoms with Crippen molar-refractivity contribution in [1.82, 2.24) is 9.80 Å². The summed E-state index contributed by atoms with van der Waals surface area (Å²) in [7, 11) is 0. The van der Waals surface area contributed by atoms with Gasteiger partial charge in [-0.15, -0.1) is 0 Å². The van der Waals surface area contributed by atoms with E-state index < -0.39 is 4.84 Å². The quantitative estimate of drug-likeness (QED) is 0.569. The number of benzene rings is 1. The van der Waals surface area contributed by atoms with E-state index in [2.05, 4.69) is 0 Å². The Morgan fingerprint density at radius 1 is 1.08 bits per heavy atom. The molecule has 0 bridgehead atoms. The standard InChI is InChI=1S/C17H22Cl2N2O3/c1-13-4-6-14(7-5-13)24-12-2-3-15(22)20-8-10-21(11-9-20)17(23)16(18)19/h4-7,16H,2-3,8-12H2,1H3. The van der Waals surface area contributed by atoms with Gasteiger partial charge in [0, 0.05) is 32.6 Å². The monoisotopic (exact) mass is 372 g/mol. The van der Waals surface area contributed by atoms with Crippen LogP contribution in [0.4, 0.5) is 0 Å². The molecule has 0 saturated carbocycles. The SMILES string of the molecule is Cc1ccc(OCCCC(=O)N2CCN(C(=O)C(Cl)Cl)CC2)cc1. The maximum Gasteiger partial charge on any atom is 0.255 e. The van der Waals surface area contributed by atoms with Crippen molar-refractivity contribution in [3.63, 3.8) is 0 Å². The van der Waals surface area contributed by atoms with Crippen LogP contribution in [0, 0.1) is 6.92 Å². The molecule has 2 rings (SSSR count). The Balaban J connectivity index is 1.65. The minimum Gasteiger partial charge on any atom is -0.494 e. The third kappa shape index (κ3) is 5.56. The minimum absolute atomic E-state index is 0.0860. The number of piperazine rings is 1. The highest BCUT2D eigenvalue weighted by atomic mass is 35.5. The van der Waals surface area contributed by atoms with Gasteiger partial charge < -0.3 is 14.5 Å². The van der Waals surface area contributed by atoms with Crippen molar-refractivity contribution in [1.29, 1.82) is 0 Å². The van der Waals surface area contributed by atoms with Crippen LogP contribution < -0.4 is 4.74 Å². The first-order valence-corrected chi connectivity index (χ1v) is 8.89. The van der Waals surface area contributed by atoms with Crippen LogP contribution >= 0.6 is 23.2 Å². The Kier molecular flexibility index (Phi) is 7.18. The summed E-state index contributed by atoms with van der Waals surface area (Å²) in [6, 6.07) is 7.84. The van der Waals surface area contributed by atoms with Crippen LogP contribution in [-0.4, -0.2) is 59.2 Å². The summed E-state index contributed by atoms with van der Waals surface area (Å²) >= 11 is 11.2. The summed E-state index contributed by atoms with van der Waals surface area (Å²) in [5, 5.41) is 0. The second kappa shape index (κ2) is 9.14. The topological polar surface area (TPSA) is 49.9 Å². The third-order valence-corrected chi connectivity index (χ3v) is 4.33. The van der Waals surface area contributed by atoms with E-state index in [0.29, 0.717) is 45.6 Å². The summed E-state index contributed by atoms with van der Waals surface area (Å²) in [6.07, 6.45) is 1.10. The number of rotatable bonds is 6. The summed E-state index contributed by atoms with van der Waals surface area (Å²) in [5.74, 6) is 0.608. The summed E-state index contributed by atoms with van der Waals surface area (Å²) in [4.78, 5) is 26.2. The average Bonchev–Trinajstić information content (AvgIpc) is 2.59. The van der Waals surface area contributed by atoms with Crippen molar-refractivity contribution in [2.75, 3.05) is 32.8 Å². The summed E-state index contributed by atoms with van der Waals surface area (Å²) in [6.45, 7) is 4.51. The van der Waals surface area contributed by atoms with Gasteiger partial charge >= 0.3 is 0 Å². The first kappa shape index (κ1) is 18.9. The lowest BCUT2D eigenvalue weighted by Gasteiger charge is -2.35. The Hall–Kier alpha value is -1.46. The molecule has 24 heavy (non-hydrogen) atoms. The lowest BCUT2D eigenvalue weighted by Crippen LogP contribution is -2.51. The van der Waals surface area contributed by atoms with Gasteiger partial charge in [0.15, 0.2) is 4.84 Å². The van der Waals surface area contributed by atoms with Gasteiger partial charge in [-0.3, -0.25) is 9.59 Å². The molecule has 1 saturated heterocycles. The summed E-state index contributed by atoms with van der Waals surface area (Å²) < 4.78 is 5.62. The number of amides is 2. The molecular weight excluding hydrogens is 351 g/mol. The molecule has 5 nitrogen and oxygen atoms in total. The Labute approximate surface area is 152 Å². The zero-order valence-electron chi connectivity index (χ0n) is 13.7. The van der Waals surface area contributed by atoms with Crippen molar-refractivity contribution < 1.29 is 14.3 Å². The van der Waals surface area contributed by atoms with Crippen molar-refractivity contribution >= 4 is 35.0 Å². The predicted molar refractivity (Wildman–Crippen MR) is 94.6 cm³/mol. The number of carbonyl (C=O) groups is 2. The highest BCUT2D eigenvalue weighted by Crippen LogP contribution is 2.13. The van der Waals surface area contributed by atoms with Crippen LogP contribution in [0.2, 0.25) is 0 Å². The maximum absolute atomic E-state index is 12.2. The normalized spacial score (nSPS) is 14.8.